The van der Waals surface area contributed by atoms with Gasteiger partial charge in [-0.3, -0.25) is 4.98 Å². The Morgan fingerprint density at radius 2 is 2.11 bits per heavy atom. The van der Waals surface area contributed by atoms with Crippen LogP contribution in [0.1, 0.15) is 11.4 Å². The fourth-order valence-electron chi connectivity index (χ4n) is 2.12. The smallest absolute Gasteiger partial charge is 0.107 e. The van der Waals surface area contributed by atoms with Crippen molar-refractivity contribution in [3.05, 3.63) is 60.4 Å². The molecule has 0 spiro atoms. The van der Waals surface area contributed by atoms with Crippen LogP contribution < -0.4 is 5.32 Å². The molecule has 0 amide bonds. The lowest BCUT2D eigenvalue weighted by molar-refractivity contribution is 0.674. The van der Waals surface area contributed by atoms with Gasteiger partial charge in [0.2, 0.25) is 0 Å². The summed E-state index contributed by atoms with van der Waals surface area (Å²) in [6, 6.07) is 8.51. The van der Waals surface area contributed by atoms with Crippen molar-refractivity contribution in [2.45, 2.75) is 13.0 Å². The van der Waals surface area contributed by atoms with E-state index in [2.05, 4.69) is 38.5 Å². The minimum Gasteiger partial charge on any atom is -0.349 e. The average Bonchev–Trinajstić information content (AvgIpc) is 2.97. The third-order valence-electron chi connectivity index (χ3n) is 3.13. The van der Waals surface area contributed by atoms with Crippen LogP contribution in [0.25, 0.3) is 10.8 Å². The van der Waals surface area contributed by atoms with Crippen molar-refractivity contribution >= 4 is 10.8 Å². The standard InChI is InChI=1S/C15H16N4/c1-2-14-11-17-5-3-13(14)9-12(1)10-16-6-4-15-18-7-8-19-15/h1-3,5,7-9,11,16H,4,6,10H2,(H,18,19). The number of hydrogen-bond donors (Lipinski definition) is 2. The van der Waals surface area contributed by atoms with E-state index in [1.54, 1.807) is 6.20 Å². The highest BCUT2D eigenvalue weighted by molar-refractivity contribution is 5.81. The van der Waals surface area contributed by atoms with Crippen molar-refractivity contribution < 1.29 is 0 Å². The fourth-order valence-corrected chi connectivity index (χ4v) is 2.12. The van der Waals surface area contributed by atoms with Gasteiger partial charge in [-0.1, -0.05) is 12.1 Å². The Morgan fingerprint density at radius 1 is 1.11 bits per heavy atom. The first-order valence-corrected chi connectivity index (χ1v) is 6.43. The second-order valence-corrected chi connectivity index (χ2v) is 4.52. The number of hydrogen-bond acceptors (Lipinski definition) is 3. The molecule has 0 bridgehead atoms. The van der Waals surface area contributed by atoms with E-state index in [-0.39, 0.29) is 0 Å². The molecule has 0 atom stereocenters. The molecule has 3 aromatic rings. The van der Waals surface area contributed by atoms with Crippen LogP contribution in [-0.2, 0) is 13.0 Å². The molecule has 0 aliphatic rings. The van der Waals surface area contributed by atoms with Gasteiger partial charge in [0.15, 0.2) is 0 Å². The molecule has 96 valence electrons. The second-order valence-electron chi connectivity index (χ2n) is 4.52. The van der Waals surface area contributed by atoms with E-state index in [9.17, 15) is 0 Å². The Kier molecular flexibility index (Phi) is 3.51. The van der Waals surface area contributed by atoms with Crippen LogP contribution >= 0.6 is 0 Å². The summed E-state index contributed by atoms with van der Waals surface area (Å²) in [4.78, 5) is 11.4. The molecule has 2 heterocycles. The van der Waals surface area contributed by atoms with Crippen molar-refractivity contribution in [3.63, 3.8) is 0 Å². The molecule has 4 nitrogen and oxygen atoms in total. The molecule has 19 heavy (non-hydrogen) atoms. The normalized spacial score (nSPS) is 10.9. The van der Waals surface area contributed by atoms with E-state index >= 15 is 0 Å². The summed E-state index contributed by atoms with van der Waals surface area (Å²) in [6.07, 6.45) is 8.28. The summed E-state index contributed by atoms with van der Waals surface area (Å²) in [6.45, 7) is 1.79. The summed E-state index contributed by atoms with van der Waals surface area (Å²) in [5, 5.41) is 5.85. The highest BCUT2D eigenvalue weighted by Crippen LogP contribution is 2.14. The first kappa shape index (κ1) is 11.9. The Balaban J connectivity index is 1.56. The van der Waals surface area contributed by atoms with Crippen LogP contribution in [0.15, 0.2) is 49.1 Å². The fraction of sp³-hybridized carbons (Fsp3) is 0.200. The number of fused-ring (bicyclic) bond motifs is 1. The summed E-state index contributed by atoms with van der Waals surface area (Å²) >= 11 is 0. The molecule has 4 heteroatoms. The van der Waals surface area contributed by atoms with E-state index in [1.165, 1.54) is 16.3 Å². The van der Waals surface area contributed by atoms with Crippen LogP contribution in [0.5, 0.6) is 0 Å². The van der Waals surface area contributed by atoms with Gasteiger partial charge in [-0.15, -0.1) is 0 Å². The van der Waals surface area contributed by atoms with Gasteiger partial charge in [0.25, 0.3) is 0 Å². The summed E-state index contributed by atoms with van der Waals surface area (Å²) < 4.78 is 0. The van der Waals surface area contributed by atoms with Gasteiger partial charge in [-0.05, 0) is 23.1 Å². The van der Waals surface area contributed by atoms with Gasteiger partial charge in [-0.25, -0.2) is 4.98 Å². The van der Waals surface area contributed by atoms with Gasteiger partial charge in [0.1, 0.15) is 5.82 Å². The summed E-state index contributed by atoms with van der Waals surface area (Å²) in [7, 11) is 0. The maximum Gasteiger partial charge on any atom is 0.107 e. The van der Waals surface area contributed by atoms with Crippen molar-refractivity contribution in [2.24, 2.45) is 0 Å². The average molecular weight is 252 g/mol. The molecule has 0 saturated carbocycles. The molecule has 0 fully saturated rings. The van der Waals surface area contributed by atoms with Gasteiger partial charge in [0.05, 0.1) is 0 Å². The third-order valence-corrected chi connectivity index (χ3v) is 3.13. The number of pyridine rings is 1. The maximum absolute atomic E-state index is 4.20. The van der Waals surface area contributed by atoms with Gasteiger partial charge in [0, 0.05) is 49.7 Å². The lowest BCUT2D eigenvalue weighted by atomic mass is 10.1. The highest BCUT2D eigenvalue weighted by atomic mass is 14.9. The molecule has 0 aliphatic heterocycles. The van der Waals surface area contributed by atoms with Crippen LogP contribution in [-0.4, -0.2) is 21.5 Å². The second kappa shape index (κ2) is 5.63. The molecule has 0 aliphatic carbocycles. The number of imidazole rings is 1. The van der Waals surface area contributed by atoms with Gasteiger partial charge >= 0.3 is 0 Å². The largest absolute Gasteiger partial charge is 0.349 e. The molecule has 2 N–H and O–H groups in total. The quantitative estimate of drug-likeness (QED) is 0.685. The number of aromatic amines is 1. The van der Waals surface area contributed by atoms with E-state index in [0.717, 1.165) is 25.3 Å². The number of H-pyrrole nitrogens is 1. The molecule has 0 radical (unpaired) electrons. The zero-order valence-corrected chi connectivity index (χ0v) is 10.6. The number of nitrogens with zero attached hydrogens (tertiary/aromatic N) is 2. The topological polar surface area (TPSA) is 53.6 Å². The Hall–Kier alpha value is -2.20. The summed E-state index contributed by atoms with van der Waals surface area (Å²) in [5.74, 6) is 1.03. The molecule has 0 saturated heterocycles. The van der Waals surface area contributed by atoms with Crippen molar-refractivity contribution in [1.82, 2.24) is 20.3 Å². The predicted octanol–water partition coefficient (Wildman–Crippen LogP) is 2.29. The van der Waals surface area contributed by atoms with Crippen molar-refractivity contribution in [2.75, 3.05) is 6.54 Å². The van der Waals surface area contributed by atoms with Crippen LogP contribution in [0, 0.1) is 0 Å². The van der Waals surface area contributed by atoms with Gasteiger partial charge < -0.3 is 10.3 Å². The van der Waals surface area contributed by atoms with E-state index in [4.69, 9.17) is 0 Å². The highest BCUT2D eigenvalue weighted by Gasteiger charge is 1.97. The number of nitrogens with one attached hydrogen (secondary N) is 2. The zero-order chi connectivity index (χ0) is 12.9. The molecule has 0 unspecified atom stereocenters. The lowest BCUT2D eigenvalue weighted by Crippen LogP contribution is -2.17. The zero-order valence-electron chi connectivity index (χ0n) is 10.6. The SMILES string of the molecule is c1cc2cc(CNCCc3ncc[nH]3)ccc2cn1. The van der Waals surface area contributed by atoms with Crippen LogP contribution in [0.3, 0.4) is 0 Å². The first-order valence-electron chi connectivity index (χ1n) is 6.43. The Bertz CT molecular complexity index is 646. The van der Waals surface area contributed by atoms with E-state index in [0.29, 0.717) is 0 Å². The lowest BCUT2D eigenvalue weighted by Gasteiger charge is -2.05. The van der Waals surface area contributed by atoms with E-state index in [1.807, 2.05) is 24.7 Å². The summed E-state index contributed by atoms with van der Waals surface area (Å²) in [5.41, 5.74) is 1.29. The van der Waals surface area contributed by atoms with Crippen molar-refractivity contribution in [3.8, 4) is 0 Å². The number of rotatable bonds is 5. The number of benzene rings is 1. The predicted molar refractivity (Wildman–Crippen MR) is 75.7 cm³/mol. The van der Waals surface area contributed by atoms with Crippen molar-refractivity contribution in [1.29, 1.82) is 0 Å². The molecule has 1 aromatic carbocycles. The van der Waals surface area contributed by atoms with E-state index < -0.39 is 0 Å². The van der Waals surface area contributed by atoms with Gasteiger partial charge in [-0.2, -0.15) is 0 Å². The molecule has 3 rings (SSSR count). The molecular formula is C15H16N4. The first-order chi connectivity index (χ1) is 9.42. The monoisotopic (exact) mass is 252 g/mol. The minimum atomic E-state index is 0.874. The minimum absolute atomic E-state index is 0.874. The number of aromatic nitrogens is 3. The molecule has 2 aromatic heterocycles. The molecular weight excluding hydrogens is 236 g/mol. The Labute approximate surface area is 111 Å². The van der Waals surface area contributed by atoms with Crippen LogP contribution in [0.2, 0.25) is 0 Å². The Morgan fingerprint density at radius 3 is 3.00 bits per heavy atom. The maximum atomic E-state index is 4.20. The third kappa shape index (κ3) is 2.98. The van der Waals surface area contributed by atoms with Crippen LogP contribution in [0.4, 0.5) is 0 Å².